The van der Waals surface area contributed by atoms with Gasteiger partial charge in [-0.25, -0.2) is 0 Å². The summed E-state index contributed by atoms with van der Waals surface area (Å²) in [5.74, 6) is -0.265. The van der Waals surface area contributed by atoms with Crippen molar-refractivity contribution in [2.75, 3.05) is 23.3 Å². The Morgan fingerprint density at radius 1 is 1.03 bits per heavy atom. The normalized spacial score (nSPS) is 17.9. The van der Waals surface area contributed by atoms with E-state index in [4.69, 9.17) is 4.74 Å². The number of anilines is 2. The lowest BCUT2D eigenvalue weighted by atomic mass is 9.96. The smallest absolute Gasteiger partial charge is 0.453 e. The van der Waals surface area contributed by atoms with Crippen LogP contribution in [0.15, 0.2) is 36.4 Å². The van der Waals surface area contributed by atoms with Crippen LogP contribution >= 0.6 is 0 Å². The van der Waals surface area contributed by atoms with Gasteiger partial charge in [-0.3, -0.25) is 4.79 Å². The van der Waals surface area contributed by atoms with Gasteiger partial charge in [-0.15, -0.1) is 15.3 Å². The maximum absolute atomic E-state index is 13.1. The largest absolute Gasteiger partial charge is 0.490 e. The number of piperidine rings is 1. The minimum absolute atomic E-state index is 0.0319. The molecule has 1 aliphatic carbocycles. The molecule has 3 heterocycles. The molecule has 1 aromatic carbocycles. The lowest BCUT2D eigenvalue weighted by Crippen LogP contribution is -2.38. The minimum Gasteiger partial charge on any atom is -0.490 e. The van der Waals surface area contributed by atoms with Crippen LogP contribution in [-0.4, -0.2) is 44.9 Å². The number of rotatable bonds is 5. The molecule has 5 rings (SSSR count). The summed E-state index contributed by atoms with van der Waals surface area (Å²) in [6.07, 6.45) is 1.23. The molecule has 2 aliphatic rings. The van der Waals surface area contributed by atoms with E-state index in [2.05, 4.69) is 20.6 Å². The van der Waals surface area contributed by atoms with E-state index >= 15 is 0 Å². The molecule has 3 aromatic rings. The van der Waals surface area contributed by atoms with Crippen LogP contribution in [0.3, 0.4) is 0 Å². The highest BCUT2D eigenvalue weighted by Gasteiger charge is 2.38. The van der Waals surface area contributed by atoms with Gasteiger partial charge in [0.25, 0.3) is 5.82 Å². The second-order valence-electron chi connectivity index (χ2n) is 8.79. The van der Waals surface area contributed by atoms with Crippen molar-refractivity contribution in [1.29, 1.82) is 0 Å². The third-order valence-electron chi connectivity index (χ3n) is 6.40. The van der Waals surface area contributed by atoms with E-state index in [1.165, 1.54) is 18.9 Å². The average Bonchev–Trinajstić information content (AvgIpc) is 3.48. The number of halogens is 3. The number of aromatic nitrogens is 4. The second-order valence-corrected chi connectivity index (χ2v) is 8.79. The number of ether oxygens (including phenoxy) is 1. The summed E-state index contributed by atoms with van der Waals surface area (Å²) in [6, 6.07) is 10.5. The van der Waals surface area contributed by atoms with Gasteiger partial charge in [-0.2, -0.15) is 17.7 Å². The van der Waals surface area contributed by atoms with E-state index in [0.717, 1.165) is 23.1 Å². The van der Waals surface area contributed by atoms with Crippen molar-refractivity contribution in [3.8, 4) is 5.75 Å². The summed E-state index contributed by atoms with van der Waals surface area (Å²) < 4.78 is 46.2. The van der Waals surface area contributed by atoms with E-state index in [1.54, 1.807) is 6.07 Å². The van der Waals surface area contributed by atoms with Crippen LogP contribution in [0, 0.1) is 5.92 Å². The third-order valence-corrected chi connectivity index (χ3v) is 6.40. The maximum atomic E-state index is 13.1. The molecule has 1 saturated heterocycles. The Kier molecular flexibility index (Phi) is 6.01. The summed E-state index contributed by atoms with van der Waals surface area (Å²) in [5.41, 5.74) is 0.729. The first-order valence-electron chi connectivity index (χ1n) is 11.5. The molecule has 1 N–H and O–H groups in total. The number of hydrogen-bond donors (Lipinski definition) is 1. The van der Waals surface area contributed by atoms with Gasteiger partial charge >= 0.3 is 6.18 Å². The SMILES string of the molecule is O=C(Nc1cccc(OC2CCCC2)c1)C1CCN(c2ccc3nnc(C(F)(F)F)n3n2)CC1. The predicted molar refractivity (Wildman–Crippen MR) is 119 cm³/mol. The second kappa shape index (κ2) is 9.11. The fraction of sp³-hybridized carbons (Fsp3) is 0.478. The maximum Gasteiger partial charge on any atom is 0.453 e. The molecule has 34 heavy (non-hydrogen) atoms. The molecule has 0 bridgehead atoms. The van der Waals surface area contributed by atoms with Crippen LogP contribution in [0.1, 0.15) is 44.3 Å². The van der Waals surface area contributed by atoms with Gasteiger partial charge in [0.15, 0.2) is 5.65 Å². The van der Waals surface area contributed by atoms with Gasteiger partial charge < -0.3 is 15.0 Å². The zero-order chi connectivity index (χ0) is 23.7. The van der Waals surface area contributed by atoms with Crippen molar-refractivity contribution in [2.24, 2.45) is 5.92 Å². The Balaban J connectivity index is 1.19. The highest BCUT2D eigenvalue weighted by molar-refractivity contribution is 5.92. The summed E-state index contributed by atoms with van der Waals surface area (Å²) >= 11 is 0. The fourth-order valence-electron chi connectivity index (χ4n) is 4.59. The zero-order valence-corrected chi connectivity index (χ0v) is 18.5. The van der Waals surface area contributed by atoms with Crippen LogP contribution < -0.4 is 15.0 Å². The number of carbonyl (C=O) groups excluding carboxylic acids is 1. The molecular weight excluding hydrogens is 449 g/mol. The van der Waals surface area contributed by atoms with Crippen molar-refractivity contribution < 1.29 is 22.7 Å². The van der Waals surface area contributed by atoms with Gasteiger partial charge in [0.2, 0.25) is 5.91 Å². The fourth-order valence-corrected chi connectivity index (χ4v) is 4.59. The van der Waals surface area contributed by atoms with Crippen LogP contribution in [0.25, 0.3) is 5.65 Å². The lowest BCUT2D eigenvalue weighted by Gasteiger charge is -2.32. The van der Waals surface area contributed by atoms with Crippen LogP contribution in [0.5, 0.6) is 5.75 Å². The van der Waals surface area contributed by atoms with Crippen molar-refractivity contribution in [1.82, 2.24) is 19.8 Å². The van der Waals surface area contributed by atoms with E-state index in [0.29, 0.717) is 37.4 Å². The number of hydrogen-bond acceptors (Lipinski definition) is 6. The molecule has 1 aliphatic heterocycles. The Labute approximate surface area is 194 Å². The van der Waals surface area contributed by atoms with Gasteiger partial charge in [0.05, 0.1) is 6.10 Å². The van der Waals surface area contributed by atoms with E-state index < -0.39 is 12.0 Å². The summed E-state index contributed by atoms with van der Waals surface area (Å²) in [5, 5.41) is 13.8. The van der Waals surface area contributed by atoms with Gasteiger partial charge in [0, 0.05) is 30.8 Å². The number of amides is 1. The lowest BCUT2D eigenvalue weighted by molar-refractivity contribution is -0.146. The van der Waals surface area contributed by atoms with Crippen LogP contribution in [0.4, 0.5) is 24.7 Å². The standard InChI is InChI=1S/C23H25F3N6O2/c24-23(25,26)22-29-28-19-8-9-20(30-32(19)22)31-12-10-15(11-13-31)21(33)27-16-4-3-7-18(14-16)34-17-5-1-2-6-17/h3-4,7-9,14-15,17H,1-2,5-6,10-13H2,(H,27,33). The summed E-state index contributed by atoms with van der Waals surface area (Å²) in [7, 11) is 0. The number of nitrogens with one attached hydrogen (secondary N) is 1. The molecule has 1 amide bonds. The molecule has 8 nitrogen and oxygen atoms in total. The molecule has 0 atom stereocenters. The Morgan fingerprint density at radius 3 is 2.53 bits per heavy atom. The number of carbonyl (C=O) groups is 1. The topological polar surface area (TPSA) is 84.6 Å². The van der Waals surface area contributed by atoms with Crippen LogP contribution in [-0.2, 0) is 11.0 Å². The average molecular weight is 474 g/mol. The number of alkyl halides is 3. The highest BCUT2D eigenvalue weighted by Crippen LogP contribution is 2.29. The first-order chi connectivity index (χ1) is 16.4. The monoisotopic (exact) mass is 474 g/mol. The third kappa shape index (κ3) is 4.78. The zero-order valence-electron chi connectivity index (χ0n) is 18.5. The van der Waals surface area contributed by atoms with Gasteiger partial charge in [-0.05, 0) is 62.8 Å². The molecule has 11 heteroatoms. The highest BCUT2D eigenvalue weighted by atomic mass is 19.4. The van der Waals surface area contributed by atoms with Crippen molar-refractivity contribution in [3.05, 3.63) is 42.2 Å². The van der Waals surface area contributed by atoms with E-state index in [1.807, 2.05) is 29.2 Å². The molecule has 1 saturated carbocycles. The first kappa shape index (κ1) is 22.4. The van der Waals surface area contributed by atoms with Crippen molar-refractivity contribution in [3.63, 3.8) is 0 Å². The van der Waals surface area contributed by atoms with Crippen LogP contribution in [0.2, 0.25) is 0 Å². The molecule has 2 fully saturated rings. The molecule has 0 radical (unpaired) electrons. The Morgan fingerprint density at radius 2 is 1.79 bits per heavy atom. The predicted octanol–water partition coefficient (Wildman–Crippen LogP) is 4.32. The quantitative estimate of drug-likeness (QED) is 0.593. The molecule has 2 aromatic heterocycles. The van der Waals surface area contributed by atoms with Gasteiger partial charge in [-0.1, -0.05) is 6.07 Å². The molecule has 0 spiro atoms. The molecule has 0 unspecified atom stereocenters. The van der Waals surface area contributed by atoms with Gasteiger partial charge in [0.1, 0.15) is 11.6 Å². The van der Waals surface area contributed by atoms with Crippen molar-refractivity contribution in [2.45, 2.75) is 50.8 Å². The number of fused-ring (bicyclic) bond motifs is 1. The Bertz CT molecular complexity index is 1170. The number of nitrogens with zero attached hydrogens (tertiary/aromatic N) is 5. The van der Waals surface area contributed by atoms with E-state index in [-0.39, 0.29) is 23.6 Å². The van der Waals surface area contributed by atoms with E-state index in [9.17, 15) is 18.0 Å². The number of benzene rings is 1. The summed E-state index contributed by atoms with van der Waals surface area (Å²) in [6.45, 7) is 1.01. The minimum atomic E-state index is -4.64. The molecular formula is C23H25F3N6O2. The Hall–Kier alpha value is -3.37. The molecule has 180 valence electrons. The summed E-state index contributed by atoms with van der Waals surface area (Å²) in [4.78, 5) is 14.7. The first-order valence-corrected chi connectivity index (χ1v) is 11.5. The van der Waals surface area contributed by atoms with Crippen molar-refractivity contribution >= 4 is 23.1 Å².